The Morgan fingerprint density at radius 1 is 1.67 bits per heavy atom. The third kappa shape index (κ3) is 1.64. The van der Waals surface area contributed by atoms with Crippen LogP contribution in [0, 0.1) is 0 Å². The molecule has 2 heteroatoms. The summed E-state index contributed by atoms with van der Waals surface area (Å²) in [5.41, 5.74) is 3.39. The average molecular weight is 162 g/mol. The van der Waals surface area contributed by atoms with Crippen LogP contribution in [0.3, 0.4) is 0 Å². The summed E-state index contributed by atoms with van der Waals surface area (Å²) in [5.74, 6) is 0. The van der Waals surface area contributed by atoms with E-state index in [-0.39, 0.29) is 0 Å². The summed E-state index contributed by atoms with van der Waals surface area (Å²) in [4.78, 5) is 7.23. The number of aromatic nitrogens is 1. The summed E-state index contributed by atoms with van der Waals surface area (Å²) in [7, 11) is 1.77. The zero-order chi connectivity index (χ0) is 8.97. The maximum Gasteiger partial charge on any atom is 0.0465 e. The van der Waals surface area contributed by atoms with Crippen LogP contribution in [0.1, 0.15) is 23.9 Å². The molecule has 0 aliphatic carbocycles. The zero-order valence-corrected chi connectivity index (χ0v) is 7.59. The number of aromatic amines is 1. The molecule has 0 bridgehead atoms. The van der Waals surface area contributed by atoms with Crippen LogP contribution in [0.15, 0.2) is 17.6 Å². The highest BCUT2D eigenvalue weighted by Gasteiger charge is 2.00. The lowest BCUT2D eigenvalue weighted by atomic mass is 10.2. The van der Waals surface area contributed by atoms with Gasteiger partial charge in [0.15, 0.2) is 0 Å². The van der Waals surface area contributed by atoms with Gasteiger partial charge < -0.3 is 4.98 Å². The van der Waals surface area contributed by atoms with Crippen molar-refractivity contribution < 1.29 is 0 Å². The topological polar surface area (TPSA) is 28.1 Å². The van der Waals surface area contributed by atoms with Crippen molar-refractivity contribution in [3.8, 4) is 0 Å². The van der Waals surface area contributed by atoms with Crippen LogP contribution in [0.5, 0.6) is 0 Å². The van der Waals surface area contributed by atoms with E-state index in [9.17, 15) is 0 Å². The summed E-state index contributed by atoms with van der Waals surface area (Å²) in [6, 6.07) is 2.10. The number of rotatable bonds is 3. The minimum Gasteiger partial charge on any atom is -0.358 e. The van der Waals surface area contributed by atoms with Gasteiger partial charge in [0.05, 0.1) is 0 Å². The molecule has 0 spiro atoms. The zero-order valence-electron chi connectivity index (χ0n) is 7.59. The van der Waals surface area contributed by atoms with E-state index in [1.807, 2.05) is 12.3 Å². The van der Waals surface area contributed by atoms with Crippen molar-refractivity contribution in [2.75, 3.05) is 7.05 Å². The third-order valence-electron chi connectivity index (χ3n) is 1.79. The molecule has 0 atom stereocenters. The summed E-state index contributed by atoms with van der Waals surface area (Å²) in [6.45, 7) is 5.85. The number of nitrogens with one attached hydrogen (secondary N) is 1. The van der Waals surface area contributed by atoms with Crippen LogP contribution >= 0.6 is 0 Å². The van der Waals surface area contributed by atoms with E-state index in [1.165, 1.54) is 5.69 Å². The molecular formula is C10H14N2. The normalized spacial score (nSPS) is 10.8. The number of hydrogen-bond donors (Lipinski definition) is 1. The molecule has 0 aliphatic heterocycles. The van der Waals surface area contributed by atoms with Gasteiger partial charge in [-0.05, 0) is 18.6 Å². The van der Waals surface area contributed by atoms with E-state index >= 15 is 0 Å². The molecule has 0 aromatic carbocycles. The fourth-order valence-electron chi connectivity index (χ4n) is 1.15. The highest BCUT2D eigenvalue weighted by atomic mass is 14.7. The predicted octanol–water partition coefficient (Wildman–Crippen LogP) is 2.27. The Morgan fingerprint density at radius 2 is 2.42 bits per heavy atom. The third-order valence-corrected chi connectivity index (χ3v) is 1.79. The van der Waals surface area contributed by atoms with Crippen molar-refractivity contribution in [3.05, 3.63) is 29.6 Å². The number of aryl methyl sites for hydroxylation is 1. The van der Waals surface area contributed by atoms with Crippen LogP contribution in [0.4, 0.5) is 0 Å². The van der Waals surface area contributed by atoms with Crippen molar-refractivity contribution in [3.63, 3.8) is 0 Å². The van der Waals surface area contributed by atoms with Gasteiger partial charge in [-0.3, -0.25) is 4.99 Å². The lowest BCUT2D eigenvalue weighted by Gasteiger charge is -1.88. The molecule has 12 heavy (non-hydrogen) atoms. The molecule has 0 radical (unpaired) electrons. The van der Waals surface area contributed by atoms with Gasteiger partial charge in [0.25, 0.3) is 0 Å². The Kier molecular flexibility index (Phi) is 2.86. The summed E-state index contributed by atoms with van der Waals surface area (Å²) in [6.07, 6.45) is 4.67. The summed E-state index contributed by atoms with van der Waals surface area (Å²) < 4.78 is 0. The van der Waals surface area contributed by atoms with Gasteiger partial charge in [-0.2, -0.15) is 0 Å². The SMILES string of the molecule is C=Cc1[nH]c(CC)cc1C=NC. The molecule has 0 unspecified atom stereocenters. The monoisotopic (exact) mass is 162 g/mol. The van der Waals surface area contributed by atoms with Crippen molar-refractivity contribution in [2.45, 2.75) is 13.3 Å². The van der Waals surface area contributed by atoms with Crippen LogP contribution in [0.2, 0.25) is 0 Å². The van der Waals surface area contributed by atoms with Crippen LogP contribution in [0.25, 0.3) is 6.08 Å². The minimum atomic E-state index is 1.01. The van der Waals surface area contributed by atoms with Crippen LogP contribution in [-0.4, -0.2) is 18.2 Å². The van der Waals surface area contributed by atoms with Gasteiger partial charge in [0, 0.05) is 30.2 Å². The first-order valence-corrected chi connectivity index (χ1v) is 4.08. The first-order chi connectivity index (χ1) is 5.81. The molecule has 64 valence electrons. The van der Waals surface area contributed by atoms with E-state index in [0.29, 0.717) is 0 Å². The van der Waals surface area contributed by atoms with E-state index in [4.69, 9.17) is 0 Å². The van der Waals surface area contributed by atoms with Gasteiger partial charge in [-0.15, -0.1) is 0 Å². The molecule has 0 saturated carbocycles. The fourth-order valence-corrected chi connectivity index (χ4v) is 1.15. The fraction of sp³-hybridized carbons (Fsp3) is 0.300. The van der Waals surface area contributed by atoms with E-state index in [1.54, 1.807) is 7.05 Å². The second-order valence-corrected chi connectivity index (χ2v) is 2.61. The largest absolute Gasteiger partial charge is 0.358 e. The second-order valence-electron chi connectivity index (χ2n) is 2.61. The molecular weight excluding hydrogens is 148 g/mol. The average Bonchev–Trinajstić information content (AvgIpc) is 2.48. The molecule has 1 aromatic heterocycles. The quantitative estimate of drug-likeness (QED) is 0.660. The lowest BCUT2D eigenvalue weighted by molar-refractivity contribution is 1.06. The van der Waals surface area contributed by atoms with E-state index in [0.717, 1.165) is 17.7 Å². The molecule has 0 saturated heterocycles. The molecule has 2 nitrogen and oxygen atoms in total. The van der Waals surface area contributed by atoms with Gasteiger partial charge in [0.1, 0.15) is 0 Å². The van der Waals surface area contributed by atoms with Gasteiger partial charge in [-0.25, -0.2) is 0 Å². The summed E-state index contributed by atoms with van der Waals surface area (Å²) >= 11 is 0. The summed E-state index contributed by atoms with van der Waals surface area (Å²) in [5, 5.41) is 0. The van der Waals surface area contributed by atoms with Crippen molar-refractivity contribution in [1.29, 1.82) is 0 Å². The lowest BCUT2D eigenvalue weighted by Crippen LogP contribution is -1.80. The highest BCUT2D eigenvalue weighted by Crippen LogP contribution is 2.10. The molecule has 1 heterocycles. The maximum absolute atomic E-state index is 3.97. The number of nitrogens with zero attached hydrogens (tertiary/aromatic N) is 1. The standard InChI is InChI=1S/C10H14N2/c1-4-9-6-8(7-11-3)10(5-2)12-9/h5-7,12H,2,4H2,1,3H3. The first kappa shape index (κ1) is 8.78. The molecule has 0 fully saturated rings. The Bertz CT molecular complexity index is 295. The second kappa shape index (κ2) is 3.90. The van der Waals surface area contributed by atoms with E-state index < -0.39 is 0 Å². The van der Waals surface area contributed by atoms with Crippen molar-refractivity contribution in [2.24, 2.45) is 4.99 Å². The van der Waals surface area contributed by atoms with Crippen LogP contribution in [-0.2, 0) is 6.42 Å². The Labute approximate surface area is 73.0 Å². The number of aliphatic imine (C=N–C) groups is 1. The first-order valence-electron chi connectivity index (χ1n) is 4.08. The molecule has 0 aliphatic rings. The highest BCUT2D eigenvalue weighted by molar-refractivity contribution is 5.84. The Hall–Kier alpha value is -1.31. The molecule has 0 amide bonds. The Balaban J connectivity index is 3.07. The van der Waals surface area contributed by atoms with E-state index in [2.05, 4.69) is 29.5 Å². The van der Waals surface area contributed by atoms with Crippen LogP contribution < -0.4 is 0 Å². The van der Waals surface area contributed by atoms with Crippen molar-refractivity contribution >= 4 is 12.3 Å². The molecule has 1 aromatic rings. The van der Waals surface area contributed by atoms with Gasteiger partial charge in [0.2, 0.25) is 0 Å². The maximum atomic E-state index is 3.97. The van der Waals surface area contributed by atoms with Crippen molar-refractivity contribution in [1.82, 2.24) is 4.98 Å². The number of hydrogen-bond acceptors (Lipinski definition) is 1. The smallest absolute Gasteiger partial charge is 0.0465 e. The van der Waals surface area contributed by atoms with Gasteiger partial charge in [-0.1, -0.05) is 13.5 Å². The minimum absolute atomic E-state index is 1.01. The number of H-pyrrole nitrogens is 1. The van der Waals surface area contributed by atoms with Gasteiger partial charge >= 0.3 is 0 Å². The predicted molar refractivity (Wildman–Crippen MR) is 53.8 cm³/mol. The molecule has 1 rings (SSSR count). The Morgan fingerprint density at radius 3 is 2.92 bits per heavy atom. The molecule has 1 N–H and O–H groups in total.